The van der Waals surface area contributed by atoms with Crippen molar-refractivity contribution in [1.29, 1.82) is 0 Å². The predicted octanol–water partition coefficient (Wildman–Crippen LogP) is 5.09. The molecule has 0 bridgehead atoms. The van der Waals surface area contributed by atoms with Crippen molar-refractivity contribution in [3.63, 3.8) is 0 Å². The Morgan fingerprint density at radius 2 is 1.84 bits per heavy atom. The van der Waals surface area contributed by atoms with Gasteiger partial charge >= 0.3 is 5.97 Å². The largest absolute Gasteiger partial charge is 0.494 e. The zero-order chi connectivity index (χ0) is 22.0. The number of fused-ring (bicyclic) bond motifs is 1. The van der Waals surface area contributed by atoms with Gasteiger partial charge in [-0.2, -0.15) is 0 Å². The van der Waals surface area contributed by atoms with E-state index in [0.29, 0.717) is 50.3 Å². The molecule has 0 fully saturated rings. The second-order valence-corrected chi connectivity index (χ2v) is 8.21. The van der Waals surface area contributed by atoms with Gasteiger partial charge in [-0.25, -0.2) is 9.78 Å². The topological polar surface area (TPSA) is 70.4 Å². The molecule has 158 valence electrons. The van der Waals surface area contributed by atoms with E-state index in [2.05, 4.69) is 4.98 Å². The van der Waals surface area contributed by atoms with Gasteiger partial charge in [-0.15, -0.1) is 11.3 Å². The van der Waals surface area contributed by atoms with Crippen molar-refractivity contribution < 1.29 is 14.3 Å². The minimum absolute atomic E-state index is 0.223. The van der Waals surface area contributed by atoms with Crippen LogP contribution in [-0.2, 0) is 6.54 Å². The number of carbonyl (C=O) groups excluding carboxylic acids is 1. The molecule has 0 radical (unpaired) electrons. The van der Waals surface area contributed by atoms with Gasteiger partial charge in [-0.1, -0.05) is 29.8 Å². The van der Waals surface area contributed by atoms with Crippen molar-refractivity contribution in [3.8, 4) is 11.5 Å². The lowest BCUT2D eigenvalue weighted by Gasteiger charge is -2.07. The molecule has 8 heteroatoms. The fourth-order valence-electron chi connectivity index (χ4n) is 3.20. The molecule has 4 rings (SSSR count). The monoisotopic (exact) mass is 454 g/mol. The molecule has 0 spiro atoms. The van der Waals surface area contributed by atoms with Crippen molar-refractivity contribution >= 4 is 39.1 Å². The van der Waals surface area contributed by atoms with Gasteiger partial charge < -0.3 is 9.47 Å². The van der Waals surface area contributed by atoms with Crippen molar-refractivity contribution in [2.75, 3.05) is 6.61 Å². The zero-order valence-electron chi connectivity index (χ0n) is 16.9. The molecular weight excluding hydrogens is 436 g/mol. The molecule has 0 unspecified atom stereocenters. The van der Waals surface area contributed by atoms with Crippen molar-refractivity contribution in [1.82, 2.24) is 9.55 Å². The smallest absolute Gasteiger partial charge is 0.354 e. The summed E-state index contributed by atoms with van der Waals surface area (Å²) in [5, 5.41) is 0.995. The van der Waals surface area contributed by atoms with Crippen LogP contribution in [0.25, 0.3) is 10.2 Å². The Labute approximate surface area is 187 Å². The number of hydrogen-bond donors (Lipinski definition) is 0. The molecule has 0 amide bonds. The molecular formula is C23H19ClN2O4S. The SMILES string of the molecule is CCOc1ccc(OC(=O)c2sc3ncn(Cc4ccccc4Cl)c(=O)c3c2C)cc1. The second-order valence-electron chi connectivity index (χ2n) is 6.80. The number of aromatic nitrogens is 2. The Kier molecular flexibility index (Phi) is 6.06. The Morgan fingerprint density at radius 3 is 2.55 bits per heavy atom. The number of hydrogen-bond acceptors (Lipinski definition) is 6. The van der Waals surface area contributed by atoms with Gasteiger partial charge in [0, 0.05) is 5.02 Å². The number of carbonyl (C=O) groups is 1. The van der Waals surface area contributed by atoms with E-state index in [9.17, 15) is 9.59 Å². The summed E-state index contributed by atoms with van der Waals surface area (Å²) in [5.74, 6) is 0.569. The quantitative estimate of drug-likeness (QED) is 0.300. The van der Waals surface area contributed by atoms with Crippen molar-refractivity contribution in [2.24, 2.45) is 0 Å². The normalized spacial score (nSPS) is 10.9. The van der Waals surface area contributed by atoms with E-state index in [4.69, 9.17) is 21.1 Å². The molecule has 2 heterocycles. The van der Waals surface area contributed by atoms with E-state index >= 15 is 0 Å². The predicted molar refractivity (Wildman–Crippen MR) is 122 cm³/mol. The highest BCUT2D eigenvalue weighted by molar-refractivity contribution is 7.20. The van der Waals surface area contributed by atoms with E-state index in [1.807, 2.05) is 25.1 Å². The Bertz CT molecular complexity index is 1310. The number of benzene rings is 2. The summed E-state index contributed by atoms with van der Waals surface area (Å²) in [6.07, 6.45) is 1.48. The summed E-state index contributed by atoms with van der Waals surface area (Å²) >= 11 is 7.37. The van der Waals surface area contributed by atoms with Gasteiger partial charge in [0.15, 0.2) is 0 Å². The lowest BCUT2D eigenvalue weighted by Crippen LogP contribution is -2.21. The van der Waals surface area contributed by atoms with Crippen LogP contribution >= 0.6 is 22.9 Å². The van der Waals surface area contributed by atoms with Gasteiger partial charge in [-0.3, -0.25) is 9.36 Å². The van der Waals surface area contributed by atoms with Gasteiger partial charge in [0.05, 0.1) is 24.9 Å². The summed E-state index contributed by atoms with van der Waals surface area (Å²) in [7, 11) is 0. The fourth-order valence-corrected chi connectivity index (χ4v) is 4.41. The maximum Gasteiger partial charge on any atom is 0.354 e. The van der Waals surface area contributed by atoms with Crippen LogP contribution in [0.2, 0.25) is 5.02 Å². The van der Waals surface area contributed by atoms with Crippen LogP contribution in [0, 0.1) is 6.92 Å². The molecule has 0 aliphatic rings. The Balaban J connectivity index is 1.63. The van der Waals surface area contributed by atoms with E-state index in [1.165, 1.54) is 10.9 Å². The second kappa shape index (κ2) is 8.91. The molecule has 6 nitrogen and oxygen atoms in total. The maximum absolute atomic E-state index is 13.1. The molecule has 0 atom stereocenters. The van der Waals surface area contributed by atoms with Crippen LogP contribution in [0.1, 0.15) is 27.7 Å². The highest BCUT2D eigenvalue weighted by Crippen LogP contribution is 2.29. The van der Waals surface area contributed by atoms with Crippen LogP contribution < -0.4 is 15.0 Å². The lowest BCUT2D eigenvalue weighted by atomic mass is 10.2. The van der Waals surface area contributed by atoms with E-state index in [-0.39, 0.29) is 5.56 Å². The van der Waals surface area contributed by atoms with Crippen LogP contribution in [0.4, 0.5) is 0 Å². The molecule has 4 aromatic rings. The van der Waals surface area contributed by atoms with Gasteiger partial charge in [-0.05, 0) is 55.3 Å². The third kappa shape index (κ3) is 4.33. The number of thiophene rings is 1. The van der Waals surface area contributed by atoms with Crippen molar-refractivity contribution in [3.05, 3.63) is 86.2 Å². The molecule has 0 saturated heterocycles. The Morgan fingerprint density at radius 1 is 1.13 bits per heavy atom. The van der Waals surface area contributed by atoms with Crippen LogP contribution in [-0.4, -0.2) is 22.1 Å². The molecule has 2 aromatic heterocycles. The first-order valence-electron chi connectivity index (χ1n) is 9.65. The lowest BCUT2D eigenvalue weighted by molar-refractivity contribution is 0.0739. The maximum atomic E-state index is 13.1. The molecule has 0 saturated carbocycles. The number of ether oxygens (including phenoxy) is 2. The number of nitrogens with zero attached hydrogens (tertiary/aromatic N) is 2. The summed E-state index contributed by atoms with van der Waals surface area (Å²) in [6, 6.07) is 14.1. The first-order valence-corrected chi connectivity index (χ1v) is 10.8. The zero-order valence-corrected chi connectivity index (χ0v) is 18.5. The van der Waals surface area contributed by atoms with Gasteiger partial charge in [0.2, 0.25) is 0 Å². The molecule has 31 heavy (non-hydrogen) atoms. The summed E-state index contributed by atoms with van der Waals surface area (Å²) in [5.41, 5.74) is 1.15. The van der Waals surface area contributed by atoms with Crippen LogP contribution in [0.3, 0.4) is 0 Å². The summed E-state index contributed by atoms with van der Waals surface area (Å²) in [4.78, 5) is 31.1. The fraction of sp³-hybridized carbons (Fsp3) is 0.174. The molecule has 0 aliphatic heterocycles. The minimum atomic E-state index is -0.526. The average Bonchev–Trinajstić information content (AvgIpc) is 3.10. The number of halogens is 1. The summed E-state index contributed by atoms with van der Waals surface area (Å²) in [6.45, 7) is 4.48. The number of esters is 1. The van der Waals surface area contributed by atoms with Crippen LogP contribution in [0.15, 0.2) is 59.7 Å². The van der Waals surface area contributed by atoms with E-state index in [1.54, 1.807) is 37.3 Å². The van der Waals surface area contributed by atoms with E-state index < -0.39 is 5.97 Å². The number of rotatable bonds is 6. The van der Waals surface area contributed by atoms with Crippen molar-refractivity contribution in [2.45, 2.75) is 20.4 Å². The number of aryl methyl sites for hydroxylation is 1. The van der Waals surface area contributed by atoms with E-state index in [0.717, 1.165) is 16.9 Å². The first kappa shape index (κ1) is 21.1. The third-order valence-corrected chi connectivity index (χ3v) is 6.30. The van der Waals surface area contributed by atoms with Crippen LogP contribution in [0.5, 0.6) is 11.5 Å². The van der Waals surface area contributed by atoms with Gasteiger partial charge in [0.25, 0.3) is 5.56 Å². The van der Waals surface area contributed by atoms with Gasteiger partial charge in [0.1, 0.15) is 21.2 Å². The molecule has 0 aliphatic carbocycles. The highest BCUT2D eigenvalue weighted by Gasteiger charge is 2.21. The molecule has 0 N–H and O–H groups in total. The average molecular weight is 455 g/mol. The minimum Gasteiger partial charge on any atom is -0.494 e. The molecule has 2 aromatic carbocycles. The third-order valence-electron chi connectivity index (χ3n) is 4.75. The first-order chi connectivity index (χ1) is 15.0. The summed E-state index contributed by atoms with van der Waals surface area (Å²) < 4.78 is 12.4. The Hall–Kier alpha value is -3.16. The standard InChI is InChI=1S/C23H19ClN2O4S/c1-3-29-16-8-10-17(11-9-16)30-23(28)20-14(2)19-21(31-20)25-13-26(22(19)27)12-15-6-4-5-7-18(15)24/h4-11,13H,3,12H2,1-2H3. The highest BCUT2D eigenvalue weighted by atomic mass is 35.5.